The van der Waals surface area contributed by atoms with Crippen LogP contribution in [0.5, 0.6) is 0 Å². The van der Waals surface area contributed by atoms with Crippen LogP contribution < -0.4 is 11.1 Å². The predicted octanol–water partition coefficient (Wildman–Crippen LogP) is 6.86. The van der Waals surface area contributed by atoms with Crippen molar-refractivity contribution in [2.45, 2.75) is 95.7 Å². The second-order valence-corrected chi connectivity index (χ2v) is 11.1. The summed E-state index contributed by atoms with van der Waals surface area (Å²) < 4.78 is 2.47. The molecule has 0 bridgehead atoms. The van der Waals surface area contributed by atoms with E-state index in [1.165, 1.54) is 59.7 Å². The summed E-state index contributed by atoms with van der Waals surface area (Å²) >= 11 is 0. The van der Waals surface area contributed by atoms with Gasteiger partial charge in [0.25, 0.3) is 0 Å². The van der Waals surface area contributed by atoms with Crippen LogP contribution in [0.15, 0.2) is 54.7 Å². The van der Waals surface area contributed by atoms with Crippen molar-refractivity contribution in [2.75, 3.05) is 0 Å². The van der Waals surface area contributed by atoms with Crippen LogP contribution >= 0.6 is 12.4 Å². The molecule has 0 spiro atoms. The van der Waals surface area contributed by atoms with Gasteiger partial charge < -0.3 is 15.6 Å². The van der Waals surface area contributed by atoms with Gasteiger partial charge >= 0.3 is 0 Å². The van der Waals surface area contributed by atoms with Crippen LogP contribution in [0, 0.1) is 12.8 Å². The quantitative estimate of drug-likeness (QED) is 0.367. The Morgan fingerprint density at radius 2 is 1.83 bits per heavy atom. The maximum Gasteiger partial charge on any atom is 0.221 e. The molecule has 3 aromatic rings. The van der Waals surface area contributed by atoms with Gasteiger partial charge in [0.1, 0.15) is 0 Å². The summed E-state index contributed by atoms with van der Waals surface area (Å²) in [7, 11) is 0. The Hall–Kier alpha value is -2.30. The lowest BCUT2D eigenvalue weighted by Gasteiger charge is -2.28. The van der Waals surface area contributed by atoms with Crippen molar-refractivity contribution in [2.24, 2.45) is 11.7 Å². The van der Waals surface area contributed by atoms with E-state index in [4.69, 9.17) is 5.73 Å². The van der Waals surface area contributed by atoms with Crippen LogP contribution in [0.1, 0.15) is 86.8 Å². The average Bonchev–Trinajstić information content (AvgIpc) is 3.21. The molecule has 0 radical (unpaired) electrons. The third-order valence-electron chi connectivity index (χ3n) is 8.29. The van der Waals surface area contributed by atoms with Gasteiger partial charge in [0.15, 0.2) is 0 Å². The van der Waals surface area contributed by atoms with E-state index in [9.17, 15) is 4.79 Å². The van der Waals surface area contributed by atoms with Crippen LogP contribution in [0.4, 0.5) is 0 Å². The van der Waals surface area contributed by atoms with Crippen molar-refractivity contribution in [3.63, 3.8) is 0 Å². The van der Waals surface area contributed by atoms with E-state index in [1.54, 1.807) is 0 Å². The van der Waals surface area contributed by atoms with E-state index in [-0.39, 0.29) is 36.3 Å². The molecule has 0 aliphatic heterocycles. The maximum absolute atomic E-state index is 13.4. The summed E-state index contributed by atoms with van der Waals surface area (Å²) in [5, 5.41) is 4.61. The molecule has 0 saturated heterocycles. The Morgan fingerprint density at radius 1 is 1.03 bits per heavy atom. The lowest BCUT2D eigenvalue weighted by atomic mass is 9.86. The Kier molecular flexibility index (Phi) is 9.14. The lowest BCUT2D eigenvalue weighted by molar-refractivity contribution is -0.122. The molecule has 1 amide bonds. The zero-order valence-electron chi connectivity index (χ0n) is 21.6. The average molecular weight is 508 g/mol. The van der Waals surface area contributed by atoms with Gasteiger partial charge in [-0.05, 0) is 68.6 Å². The number of nitrogens with one attached hydrogen (secondary N) is 1. The van der Waals surface area contributed by atoms with Crippen molar-refractivity contribution in [3.8, 4) is 0 Å². The maximum atomic E-state index is 13.4. The summed E-state index contributed by atoms with van der Waals surface area (Å²) in [6, 6.07) is 17.9. The third-order valence-corrected chi connectivity index (χ3v) is 8.29. The second-order valence-electron chi connectivity index (χ2n) is 11.1. The number of nitrogens with two attached hydrogens (primary N) is 1. The van der Waals surface area contributed by atoms with Crippen molar-refractivity contribution in [1.29, 1.82) is 0 Å². The van der Waals surface area contributed by atoms with E-state index >= 15 is 0 Å². The topological polar surface area (TPSA) is 60.1 Å². The van der Waals surface area contributed by atoms with Crippen LogP contribution in [0.25, 0.3) is 10.9 Å². The first-order chi connectivity index (χ1) is 17.1. The zero-order chi connectivity index (χ0) is 24.2. The molecule has 3 N–H and O–H groups in total. The highest BCUT2D eigenvalue weighted by molar-refractivity contribution is 5.87. The number of fused-ring (bicyclic) bond motifs is 1. The van der Waals surface area contributed by atoms with E-state index in [0.29, 0.717) is 6.42 Å². The van der Waals surface area contributed by atoms with E-state index in [2.05, 4.69) is 71.5 Å². The number of benzene rings is 2. The molecule has 3 atom stereocenters. The molecular formula is C31H42ClN3O. The third kappa shape index (κ3) is 6.33. The minimum Gasteiger partial charge on any atom is -0.353 e. The molecule has 2 aromatic carbocycles. The Morgan fingerprint density at radius 3 is 2.61 bits per heavy atom. The van der Waals surface area contributed by atoms with Crippen molar-refractivity contribution in [3.05, 3.63) is 71.4 Å². The molecule has 3 unspecified atom stereocenters. The van der Waals surface area contributed by atoms with Gasteiger partial charge in [0.05, 0.1) is 0 Å². The number of carbonyl (C=O) groups excluding carboxylic acids is 1. The summed E-state index contributed by atoms with van der Waals surface area (Å²) in [4.78, 5) is 13.4. The number of hydrogen-bond acceptors (Lipinski definition) is 2. The van der Waals surface area contributed by atoms with Gasteiger partial charge in [0, 0.05) is 48.1 Å². The molecule has 194 valence electrons. The van der Waals surface area contributed by atoms with Gasteiger partial charge in [-0.25, -0.2) is 0 Å². The smallest absolute Gasteiger partial charge is 0.221 e. The molecular weight excluding hydrogens is 466 g/mol. The highest BCUT2D eigenvalue weighted by Crippen LogP contribution is 2.36. The summed E-state index contributed by atoms with van der Waals surface area (Å²) in [6.45, 7) is 3.21. The number of aromatic nitrogens is 1. The molecule has 2 saturated carbocycles. The highest BCUT2D eigenvalue weighted by atomic mass is 35.5. The fourth-order valence-corrected chi connectivity index (χ4v) is 6.48. The first-order valence-electron chi connectivity index (χ1n) is 13.8. The van der Waals surface area contributed by atoms with Gasteiger partial charge in [-0.2, -0.15) is 0 Å². The molecule has 2 fully saturated rings. The number of para-hydroxylation sites is 1. The molecule has 1 aromatic heterocycles. The normalized spacial score (nSPS) is 21.6. The van der Waals surface area contributed by atoms with Crippen LogP contribution in [-0.2, 0) is 11.3 Å². The van der Waals surface area contributed by atoms with Gasteiger partial charge in [-0.1, -0.05) is 67.3 Å². The second kappa shape index (κ2) is 12.3. The summed E-state index contributed by atoms with van der Waals surface area (Å²) in [5.41, 5.74) is 11.2. The van der Waals surface area contributed by atoms with E-state index in [1.807, 2.05) is 0 Å². The standard InChI is InChI=1S/C31H41N3O.ClH/c1-22-9-7-12-24(17-22)28(19-31(35)33-26-14-8-13-25(32)18-26)29-21-34(20-23-10-3-2-4-11-23)30-16-6-5-15-27(29)30;/h5-7,9,12,15-17,21,23,25-26,28H,2-4,8,10-11,13-14,18-20,32H2,1H3,(H,33,35);1H. The summed E-state index contributed by atoms with van der Waals surface area (Å²) in [5.74, 6) is 0.924. The number of amides is 1. The zero-order valence-corrected chi connectivity index (χ0v) is 22.4. The number of carbonyl (C=O) groups is 1. The monoisotopic (exact) mass is 507 g/mol. The number of rotatable bonds is 7. The Balaban J connectivity index is 0.00000304. The molecule has 2 aliphatic rings. The molecule has 5 rings (SSSR count). The molecule has 1 heterocycles. The van der Waals surface area contributed by atoms with Gasteiger partial charge in [-0.15, -0.1) is 12.4 Å². The Bertz CT molecular complexity index is 1150. The van der Waals surface area contributed by atoms with Gasteiger partial charge in [-0.3, -0.25) is 4.79 Å². The molecule has 5 heteroatoms. The highest BCUT2D eigenvalue weighted by Gasteiger charge is 2.26. The van der Waals surface area contributed by atoms with Crippen molar-refractivity contribution >= 4 is 29.2 Å². The largest absolute Gasteiger partial charge is 0.353 e. The number of aryl methyl sites for hydroxylation is 1. The number of halogens is 1. The first kappa shape index (κ1) is 26.8. The molecule has 36 heavy (non-hydrogen) atoms. The fraction of sp³-hybridized carbons (Fsp3) is 0.516. The fourth-order valence-electron chi connectivity index (χ4n) is 6.48. The van der Waals surface area contributed by atoms with E-state index < -0.39 is 0 Å². The minimum atomic E-state index is 0. The summed E-state index contributed by atoms with van der Waals surface area (Å²) in [6.07, 6.45) is 13.7. The van der Waals surface area contributed by atoms with Crippen molar-refractivity contribution in [1.82, 2.24) is 9.88 Å². The first-order valence-corrected chi connectivity index (χ1v) is 13.8. The van der Waals surface area contributed by atoms with Crippen LogP contribution in [0.2, 0.25) is 0 Å². The lowest BCUT2D eigenvalue weighted by Crippen LogP contribution is -2.42. The van der Waals surface area contributed by atoms with Crippen LogP contribution in [-0.4, -0.2) is 22.6 Å². The van der Waals surface area contributed by atoms with Gasteiger partial charge in [0.2, 0.25) is 5.91 Å². The number of nitrogens with zero attached hydrogens (tertiary/aromatic N) is 1. The molecule has 2 aliphatic carbocycles. The Labute approximate surface area is 222 Å². The SMILES string of the molecule is Cc1cccc(C(CC(=O)NC2CCCC(N)C2)c2cn(CC3CCCCC3)c3ccccc23)c1.Cl. The van der Waals surface area contributed by atoms with E-state index in [0.717, 1.165) is 38.1 Å². The molecule has 4 nitrogen and oxygen atoms in total. The number of hydrogen-bond donors (Lipinski definition) is 2. The minimum absolute atomic E-state index is 0. The van der Waals surface area contributed by atoms with Crippen LogP contribution in [0.3, 0.4) is 0 Å². The predicted molar refractivity (Wildman–Crippen MR) is 152 cm³/mol. The van der Waals surface area contributed by atoms with Crippen molar-refractivity contribution < 1.29 is 4.79 Å².